The van der Waals surface area contributed by atoms with E-state index < -0.39 is 6.04 Å². The Bertz CT molecular complexity index is 1120. The van der Waals surface area contributed by atoms with E-state index in [0.717, 1.165) is 11.1 Å². The van der Waals surface area contributed by atoms with Crippen LogP contribution in [-0.2, 0) is 4.74 Å². The Labute approximate surface area is 180 Å². The van der Waals surface area contributed by atoms with E-state index in [9.17, 15) is 9.90 Å². The largest absolute Gasteiger partial charge is 0.507 e. The highest BCUT2D eigenvalue weighted by Crippen LogP contribution is 2.45. The molecule has 0 fully saturated rings. The number of H-pyrrole nitrogens is 1. The van der Waals surface area contributed by atoms with Crippen LogP contribution in [0.4, 0.5) is 0 Å². The summed E-state index contributed by atoms with van der Waals surface area (Å²) in [6, 6.07) is 10.5. The number of phenolic OH excluding ortho intramolecular Hbond substituents is 1. The van der Waals surface area contributed by atoms with Crippen molar-refractivity contribution in [2.75, 3.05) is 34.5 Å². The molecule has 1 aliphatic heterocycles. The third-order valence-electron chi connectivity index (χ3n) is 5.53. The van der Waals surface area contributed by atoms with Gasteiger partial charge < -0.3 is 24.2 Å². The molecule has 8 heteroatoms. The minimum absolute atomic E-state index is 0.105. The molecule has 31 heavy (non-hydrogen) atoms. The molecule has 2 heterocycles. The first-order chi connectivity index (χ1) is 15.0. The lowest BCUT2D eigenvalue weighted by atomic mass is 9.95. The zero-order chi connectivity index (χ0) is 22.1. The Hall–Kier alpha value is -3.52. The Morgan fingerprint density at radius 2 is 1.87 bits per heavy atom. The van der Waals surface area contributed by atoms with Crippen molar-refractivity contribution in [3.63, 3.8) is 0 Å². The van der Waals surface area contributed by atoms with Crippen molar-refractivity contribution in [1.82, 2.24) is 15.1 Å². The first-order valence-corrected chi connectivity index (χ1v) is 9.90. The van der Waals surface area contributed by atoms with Crippen molar-refractivity contribution >= 4 is 5.91 Å². The van der Waals surface area contributed by atoms with E-state index in [1.54, 1.807) is 32.3 Å². The van der Waals surface area contributed by atoms with E-state index in [1.807, 2.05) is 37.3 Å². The second-order valence-electron chi connectivity index (χ2n) is 7.39. The molecule has 1 amide bonds. The topological polar surface area (TPSA) is 96.9 Å². The van der Waals surface area contributed by atoms with Crippen LogP contribution in [0.3, 0.4) is 0 Å². The number of hydrogen-bond donors (Lipinski definition) is 2. The molecule has 0 aliphatic carbocycles. The molecule has 0 spiro atoms. The second kappa shape index (κ2) is 8.31. The van der Waals surface area contributed by atoms with Crippen LogP contribution in [0, 0.1) is 6.92 Å². The summed E-state index contributed by atoms with van der Waals surface area (Å²) < 4.78 is 16.1. The van der Waals surface area contributed by atoms with Crippen LogP contribution >= 0.6 is 0 Å². The van der Waals surface area contributed by atoms with Gasteiger partial charge in [0.25, 0.3) is 5.91 Å². The number of rotatable bonds is 7. The number of hydrogen-bond acceptors (Lipinski definition) is 6. The van der Waals surface area contributed by atoms with Gasteiger partial charge in [-0.2, -0.15) is 5.10 Å². The van der Waals surface area contributed by atoms with Gasteiger partial charge in [0.15, 0.2) is 11.5 Å². The maximum Gasteiger partial charge on any atom is 0.273 e. The summed E-state index contributed by atoms with van der Waals surface area (Å²) in [5.41, 5.74) is 4.07. The molecular formula is C23H25N3O5. The summed E-state index contributed by atoms with van der Waals surface area (Å²) in [5.74, 6) is 1.10. The molecule has 0 bridgehead atoms. The van der Waals surface area contributed by atoms with E-state index in [0.29, 0.717) is 47.2 Å². The minimum atomic E-state index is -0.425. The van der Waals surface area contributed by atoms with Crippen molar-refractivity contribution in [3.8, 4) is 28.5 Å². The second-order valence-corrected chi connectivity index (χ2v) is 7.39. The van der Waals surface area contributed by atoms with Gasteiger partial charge in [-0.15, -0.1) is 0 Å². The maximum atomic E-state index is 13.2. The SMILES string of the molecule is COCCN1C(=O)c2[nH]nc(-c3cc(C)ccc3O)c2C1c1ccc(OC)c(OC)c1. The lowest BCUT2D eigenvalue weighted by Crippen LogP contribution is -2.32. The monoisotopic (exact) mass is 423 g/mol. The van der Waals surface area contributed by atoms with Crippen molar-refractivity contribution in [3.05, 3.63) is 58.8 Å². The fraction of sp³-hybridized carbons (Fsp3) is 0.304. The number of nitrogens with one attached hydrogen (secondary N) is 1. The van der Waals surface area contributed by atoms with E-state index in [1.165, 1.54) is 0 Å². The highest BCUT2D eigenvalue weighted by molar-refractivity contribution is 6.00. The summed E-state index contributed by atoms with van der Waals surface area (Å²) in [5, 5.41) is 17.8. The van der Waals surface area contributed by atoms with Crippen LogP contribution < -0.4 is 9.47 Å². The number of nitrogens with zero attached hydrogens (tertiary/aromatic N) is 2. The first kappa shape index (κ1) is 20.7. The normalized spacial score (nSPS) is 15.3. The number of phenols is 1. The smallest absolute Gasteiger partial charge is 0.273 e. The molecule has 1 aromatic heterocycles. The van der Waals surface area contributed by atoms with Crippen LogP contribution in [0.25, 0.3) is 11.3 Å². The van der Waals surface area contributed by atoms with Crippen LogP contribution in [0.1, 0.15) is 33.2 Å². The molecule has 2 N–H and O–H groups in total. The predicted octanol–water partition coefficient (Wildman–Crippen LogP) is 3.30. The van der Waals surface area contributed by atoms with Gasteiger partial charge in [0.05, 0.1) is 26.9 Å². The molecule has 8 nitrogen and oxygen atoms in total. The maximum absolute atomic E-state index is 13.2. The first-order valence-electron chi connectivity index (χ1n) is 9.90. The highest BCUT2D eigenvalue weighted by atomic mass is 16.5. The van der Waals surface area contributed by atoms with Gasteiger partial charge in [0, 0.05) is 24.8 Å². The third kappa shape index (κ3) is 3.48. The van der Waals surface area contributed by atoms with E-state index >= 15 is 0 Å². The number of aromatic hydroxyl groups is 1. The summed E-state index contributed by atoms with van der Waals surface area (Å²) in [7, 11) is 4.75. The molecule has 1 atom stereocenters. The minimum Gasteiger partial charge on any atom is -0.507 e. The molecule has 0 saturated heterocycles. The molecule has 0 saturated carbocycles. The number of ether oxygens (including phenoxy) is 3. The number of carbonyl (C=O) groups is 1. The predicted molar refractivity (Wildman–Crippen MR) is 115 cm³/mol. The fourth-order valence-corrected chi connectivity index (χ4v) is 4.03. The molecule has 0 radical (unpaired) electrons. The van der Waals surface area contributed by atoms with Crippen LogP contribution in [0.5, 0.6) is 17.2 Å². The Morgan fingerprint density at radius 3 is 2.58 bits per heavy atom. The molecule has 2 aromatic carbocycles. The van der Waals surface area contributed by atoms with Crippen LogP contribution in [-0.4, -0.2) is 60.6 Å². The average Bonchev–Trinajstić information content (AvgIpc) is 3.32. The van der Waals surface area contributed by atoms with Crippen molar-refractivity contribution in [2.24, 2.45) is 0 Å². The summed E-state index contributed by atoms with van der Waals surface area (Å²) in [6.45, 7) is 2.73. The molecule has 3 aromatic rings. The number of aryl methyl sites for hydroxylation is 1. The number of carbonyl (C=O) groups excluding carboxylic acids is 1. The zero-order valence-electron chi connectivity index (χ0n) is 17.9. The number of benzene rings is 2. The van der Waals surface area contributed by atoms with Crippen LogP contribution in [0.2, 0.25) is 0 Å². The van der Waals surface area contributed by atoms with Gasteiger partial charge in [-0.25, -0.2) is 0 Å². The summed E-state index contributed by atoms with van der Waals surface area (Å²) in [4.78, 5) is 15.0. The Morgan fingerprint density at radius 1 is 1.10 bits per heavy atom. The number of fused-ring (bicyclic) bond motifs is 1. The van der Waals surface area contributed by atoms with Gasteiger partial charge in [0.2, 0.25) is 0 Å². The highest BCUT2D eigenvalue weighted by Gasteiger charge is 2.42. The standard InChI is InChI=1S/C23H25N3O5/c1-13-5-7-16(27)15(11-13)20-19-21(25-24-20)23(28)26(9-10-29-2)22(19)14-6-8-17(30-3)18(12-14)31-4/h5-8,11-12,22,27H,9-10H2,1-4H3,(H,24,25). The molecule has 1 unspecified atom stereocenters. The Balaban J connectivity index is 1.90. The molecule has 1 aliphatic rings. The van der Waals surface area contributed by atoms with Gasteiger partial charge in [0.1, 0.15) is 17.1 Å². The zero-order valence-corrected chi connectivity index (χ0v) is 17.9. The van der Waals surface area contributed by atoms with Gasteiger partial charge in [-0.1, -0.05) is 17.7 Å². The van der Waals surface area contributed by atoms with Gasteiger partial charge >= 0.3 is 0 Å². The summed E-state index contributed by atoms with van der Waals surface area (Å²) >= 11 is 0. The van der Waals surface area contributed by atoms with Crippen molar-refractivity contribution in [1.29, 1.82) is 0 Å². The van der Waals surface area contributed by atoms with E-state index in [4.69, 9.17) is 14.2 Å². The van der Waals surface area contributed by atoms with Crippen molar-refractivity contribution in [2.45, 2.75) is 13.0 Å². The average molecular weight is 423 g/mol. The number of aromatic amines is 1. The molecular weight excluding hydrogens is 398 g/mol. The number of amides is 1. The van der Waals surface area contributed by atoms with Crippen LogP contribution in [0.15, 0.2) is 36.4 Å². The van der Waals surface area contributed by atoms with Gasteiger partial charge in [-0.3, -0.25) is 9.89 Å². The number of methoxy groups -OCH3 is 3. The summed E-state index contributed by atoms with van der Waals surface area (Å²) in [6.07, 6.45) is 0. The lowest BCUT2D eigenvalue weighted by Gasteiger charge is -2.26. The quantitative estimate of drug-likeness (QED) is 0.605. The van der Waals surface area contributed by atoms with E-state index in [-0.39, 0.29) is 11.7 Å². The third-order valence-corrected chi connectivity index (χ3v) is 5.53. The fourth-order valence-electron chi connectivity index (χ4n) is 4.03. The Kier molecular flexibility index (Phi) is 5.56. The van der Waals surface area contributed by atoms with E-state index in [2.05, 4.69) is 10.2 Å². The lowest BCUT2D eigenvalue weighted by molar-refractivity contribution is 0.0677. The molecule has 4 rings (SSSR count). The number of aromatic nitrogens is 2. The molecule has 162 valence electrons. The van der Waals surface area contributed by atoms with Crippen molar-refractivity contribution < 1.29 is 24.1 Å². The van der Waals surface area contributed by atoms with Gasteiger partial charge in [-0.05, 0) is 36.8 Å².